The molecule has 0 aliphatic heterocycles. The number of aliphatic hydroxyl groups is 1. The van der Waals surface area contributed by atoms with Crippen LogP contribution in [0.1, 0.15) is 55.8 Å². The van der Waals surface area contributed by atoms with E-state index in [2.05, 4.69) is 20.7 Å². The van der Waals surface area contributed by atoms with Crippen molar-refractivity contribution in [2.24, 2.45) is 11.8 Å². The fraction of sp³-hybridized carbons (Fsp3) is 0.733. The molecule has 0 radical (unpaired) electrons. The number of nitrogen functional groups attached to an aromatic ring is 1. The van der Waals surface area contributed by atoms with Crippen LogP contribution in [0.5, 0.6) is 0 Å². The van der Waals surface area contributed by atoms with Crippen molar-refractivity contribution in [3.8, 4) is 0 Å². The number of rotatable bonds is 5. The highest BCUT2D eigenvalue weighted by atomic mass is 16.3. The number of aromatic nitrogens is 2. The van der Waals surface area contributed by atoms with E-state index in [4.69, 9.17) is 5.84 Å². The van der Waals surface area contributed by atoms with Gasteiger partial charge in [0, 0.05) is 23.9 Å². The molecular formula is C15H25N5O. The predicted molar refractivity (Wildman–Crippen MR) is 83.0 cm³/mol. The Kier molecular flexibility index (Phi) is 4.26. The van der Waals surface area contributed by atoms with Gasteiger partial charge in [0.15, 0.2) is 0 Å². The Labute approximate surface area is 125 Å². The molecule has 2 atom stereocenters. The zero-order valence-corrected chi connectivity index (χ0v) is 12.6. The van der Waals surface area contributed by atoms with E-state index in [0.29, 0.717) is 17.7 Å². The van der Waals surface area contributed by atoms with Gasteiger partial charge >= 0.3 is 0 Å². The first-order chi connectivity index (χ1) is 10.2. The number of nitrogens with zero attached hydrogens (tertiary/aromatic N) is 2. The van der Waals surface area contributed by atoms with Crippen molar-refractivity contribution in [2.75, 3.05) is 17.3 Å². The maximum atomic E-state index is 10.1. The number of anilines is 2. The van der Waals surface area contributed by atoms with Crippen molar-refractivity contribution in [3.05, 3.63) is 11.4 Å². The summed E-state index contributed by atoms with van der Waals surface area (Å²) in [5.41, 5.74) is 3.60. The van der Waals surface area contributed by atoms with Gasteiger partial charge in [-0.3, -0.25) is 0 Å². The molecule has 2 aliphatic carbocycles. The van der Waals surface area contributed by atoms with Gasteiger partial charge in [-0.15, -0.1) is 0 Å². The molecule has 2 unspecified atom stereocenters. The van der Waals surface area contributed by atoms with Crippen molar-refractivity contribution in [1.29, 1.82) is 0 Å². The summed E-state index contributed by atoms with van der Waals surface area (Å²) in [6, 6.07) is 0. The molecule has 6 heteroatoms. The van der Waals surface area contributed by atoms with Gasteiger partial charge in [0.25, 0.3) is 0 Å². The first-order valence-electron chi connectivity index (χ1n) is 7.96. The molecule has 0 amide bonds. The van der Waals surface area contributed by atoms with Crippen molar-refractivity contribution >= 4 is 11.6 Å². The molecule has 3 rings (SSSR count). The molecule has 21 heavy (non-hydrogen) atoms. The molecule has 0 spiro atoms. The number of nitrogens with one attached hydrogen (secondary N) is 2. The third-order valence-corrected chi connectivity index (χ3v) is 4.64. The summed E-state index contributed by atoms with van der Waals surface area (Å²) in [6.07, 6.45) is 6.46. The normalized spacial score (nSPS) is 25.7. The van der Waals surface area contributed by atoms with Crippen LogP contribution in [-0.4, -0.2) is 27.7 Å². The molecule has 0 saturated heterocycles. The molecule has 6 nitrogen and oxygen atoms in total. The molecule has 2 aliphatic rings. The summed E-state index contributed by atoms with van der Waals surface area (Å²) in [5, 5.41) is 13.5. The van der Waals surface area contributed by atoms with Crippen LogP contribution in [0.25, 0.3) is 0 Å². The lowest BCUT2D eigenvalue weighted by molar-refractivity contribution is 0.0763. The number of nitrogens with two attached hydrogens (primary N) is 1. The summed E-state index contributed by atoms with van der Waals surface area (Å²) >= 11 is 0. The molecule has 2 fully saturated rings. The first-order valence-corrected chi connectivity index (χ1v) is 7.96. The van der Waals surface area contributed by atoms with Crippen LogP contribution in [0.2, 0.25) is 0 Å². The van der Waals surface area contributed by atoms with E-state index in [1.54, 1.807) is 0 Å². The van der Waals surface area contributed by atoms with Gasteiger partial charge in [-0.2, -0.15) is 0 Å². The average Bonchev–Trinajstić information content (AvgIpc) is 3.32. The minimum absolute atomic E-state index is 0.191. The fourth-order valence-electron chi connectivity index (χ4n) is 3.02. The van der Waals surface area contributed by atoms with Crippen LogP contribution >= 0.6 is 0 Å². The van der Waals surface area contributed by atoms with Crippen LogP contribution in [0, 0.1) is 12.8 Å². The Hall–Kier alpha value is -1.40. The predicted octanol–water partition coefficient (Wildman–Crippen LogP) is 1.91. The van der Waals surface area contributed by atoms with E-state index in [1.165, 1.54) is 6.42 Å². The lowest BCUT2D eigenvalue weighted by Gasteiger charge is -2.28. The van der Waals surface area contributed by atoms with E-state index >= 15 is 0 Å². The zero-order chi connectivity index (χ0) is 14.8. The van der Waals surface area contributed by atoms with Crippen molar-refractivity contribution in [1.82, 2.24) is 9.97 Å². The van der Waals surface area contributed by atoms with Crippen LogP contribution in [0.3, 0.4) is 0 Å². The highest BCUT2D eigenvalue weighted by Gasteiger charge is 2.28. The van der Waals surface area contributed by atoms with Crippen LogP contribution in [-0.2, 0) is 0 Å². The minimum Gasteiger partial charge on any atom is -0.393 e. The second kappa shape index (κ2) is 6.15. The summed E-state index contributed by atoms with van der Waals surface area (Å²) in [4.78, 5) is 9.14. The monoisotopic (exact) mass is 291 g/mol. The van der Waals surface area contributed by atoms with E-state index in [1.807, 2.05) is 6.92 Å². The Bertz CT molecular complexity index is 503. The average molecular weight is 291 g/mol. The number of aliphatic hydroxyl groups excluding tert-OH is 1. The number of hydrazine groups is 1. The fourth-order valence-corrected chi connectivity index (χ4v) is 3.02. The summed E-state index contributed by atoms with van der Waals surface area (Å²) in [6.45, 7) is 2.72. The second-order valence-electron chi connectivity index (χ2n) is 6.32. The van der Waals surface area contributed by atoms with Crippen LogP contribution in [0.4, 0.5) is 11.6 Å². The smallest absolute Gasteiger partial charge is 0.148 e. The molecule has 116 valence electrons. The molecule has 5 N–H and O–H groups in total. The lowest BCUT2D eigenvalue weighted by Crippen LogP contribution is -2.30. The molecule has 2 saturated carbocycles. The highest BCUT2D eigenvalue weighted by molar-refractivity contribution is 5.57. The standard InChI is InChI=1S/C15H25N5O/c1-9-13(17-8-11-4-2-3-5-12(11)21)18-15(10-6-7-10)19-14(9)20-16/h10-12,21H,2-8,16H2,1H3,(H2,17,18,19,20). The second-order valence-corrected chi connectivity index (χ2v) is 6.32. The topological polar surface area (TPSA) is 96.1 Å². The van der Waals surface area contributed by atoms with Gasteiger partial charge in [-0.25, -0.2) is 15.8 Å². The quantitative estimate of drug-likeness (QED) is 0.489. The summed E-state index contributed by atoms with van der Waals surface area (Å²) < 4.78 is 0. The number of hydrogen-bond donors (Lipinski definition) is 4. The van der Waals surface area contributed by atoms with E-state index < -0.39 is 0 Å². The van der Waals surface area contributed by atoms with E-state index in [9.17, 15) is 5.11 Å². The van der Waals surface area contributed by atoms with Gasteiger partial charge in [0.2, 0.25) is 0 Å². The Morgan fingerprint density at radius 1 is 1.14 bits per heavy atom. The van der Waals surface area contributed by atoms with Crippen LogP contribution < -0.4 is 16.6 Å². The van der Waals surface area contributed by atoms with E-state index in [-0.39, 0.29) is 6.10 Å². The third-order valence-electron chi connectivity index (χ3n) is 4.64. The van der Waals surface area contributed by atoms with Gasteiger partial charge < -0.3 is 15.8 Å². The maximum absolute atomic E-state index is 10.1. The van der Waals surface area contributed by atoms with Crippen LogP contribution in [0.15, 0.2) is 0 Å². The molecule has 1 aromatic heterocycles. The SMILES string of the molecule is Cc1c(NN)nc(C2CC2)nc1NCC1CCCCC1O. The van der Waals surface area contributed by atoms with Gasteiger partial charge in [0.1, 0.15) is 17.5 Å². The van der Waals surface area contributed by atoms with Crippen molar-refractivity contribution < 1.29 is 5.11 Å². The Morgan fingerprint density at radius 2 is 1.86 bits per heavy atom. The Balaban J connectivity index is 1.72. The van der Waals surface area contributed by atoms with Crippen molar-refractivity contribution in [2.45, 2.75) is 57.5 Å². The van der Waals surface area contributed by atoms with Gasteiger partial charge in [0.05, 0.1) is 6.10 Å². The lowest BCUT2D eigenvalue weighted by atomic mass is 9.86. The molecule has 1 aromatic rings. The van der Waals surface area contributed by atoms with Gasteiger partial charge in [-0.1, -0.05) is 12.8 Å². The molecule has 0 bridgehead atoms. The number of hydrogen-bond acceptors (Lipinski definition) is 6. The molecule has 1 heterocycles. The van der Waals surface area contributed by atoms with E-state index in [0.717, 1.165) is 55.9 Å². The highest BCUT2D eigenvalue weighted by Crippen LogP contribution is 2.39. The Morgan fingerprint density at radius 3 is 2.52 bits per heavy atom. The third kappa shape index (κ3) is 3.27. The minimum atomic E-state index is -0.191. The molecular weight excluding hydrogens is 266 g/mol. The first kappa shape index (κ1) is 14.5. The zero-order valence-electron chi connectivity index (χ0n) is 12.6. The maximum Gasteiger partial charge on any atom is 0.148 e. The molecule has 0 aromatic carbocycles. The van der Waals surface area contributed by atoms with Gasteiger partial charge in [-0.05, 0) is 32.6 Å². The van der Waals surface area contributed by atoms with Crippen molar-refractivity contribution in [3.63, 3.8) is 0 Å². The summed E-state index contributed by atoms with van der Waals surface area (Å²) in [5.74, 6) is 8.77. The summed E-state index contributed by atoms with van der Waals surface area (Å²) in [7, 11) is 0. The largest absolute Gasteiger partial charge is 0.393 e.